The molecule has 1 aromatic rings. The van der Waals surface area contributed by atoms with Crippen LogP contribution in [0.25, 0.3) is 0 Å². The zero-order chi connectivity index (χ0) is 13.5. The Morgan fingerprint density at radius 3 is 2.72 bits per heavy atom. The lowest BCUT2D eigenvalue weighted by Gasteiger charge is -2.18. The van der Waals surface area contributed by atoms with E-state index in [9.17, 15) is 0 Å². The van der Waals surface area contributed by atoms with Crippen molar-refractivity contribution in [3.8, 4) is 0 Å². The first-order chi connectivity index (χ1) is 8.56. The summed E-state index contributed by atoms with van der Waals surface area (Å²) < 4.78 is 1.03. The highest BCUT2D eigenvalue weighted by Gasteiger charge is 2.11. The van der Waals surface area contributed by atoms with Crippen LogP contribution < -0.4 is 5.32 Å². The summed E-state index contributed by atoms with van der Waals surface area (Å²) in [5.74, 6) is 1.12. The smallest absolute Gasteiger partial charge is 0.0449 e. The molecule has 0 saturated carbocycles. The van der Waals surface area contributed by atoms with Crippen molar-refractivity contribution in [1.82, 2.24) is 5.32 Å². The Kier molecular flexibility index (Phi) is 7.69. The average molecular weight is 351 g/mol. The minimum atomic E-state index is 0.475. The Labute approximate surface area is 128 Å². The molecular weight excluding hydrogens is 330 g/mol. The Bertz CT molecular complexity index is 373. The fourth-order valence-electron chi connectivity index (χ4n) is 1.60. The molecule has 0 bridgehead atoms. The molecule has 0 spiro atoms. The average Bonchev–Trinajstić information content (AvgIpc) is 2.36. The first-order valence-electron chi connectivity index (χ1n) is 6.29. The lowest BCUT2D eigenvalue weighted by molar-refractivity contribution is 0.616. The maximum Gasteiger partial charge on any atom is 0.0449 e. The van der Waals surface area contributed by atoms with Crippen molar-refractivity contribution >= 4 is 39.3 Å². The number of nitrogens with one attached hydrogen (secondary N) is 1. The van der Waals surface area contributed by atoms with Crippen molar-refractivity contribution in [3.63, 3.8) is 0 Å². The molecule has 4 heteroatoms. The molecule has 1 nitrogen and oxygen atoms in total. The first-order valence-corrected chi connectivity index (χ1v) is 8.51. The van der Waals surface area contributed by atoms with Crippen LogP contribution in [0.2, 0.25) is 5.02 Å². The van der Waals surface area contributed by atoms with Crippen molar-refractivity contribution in [2.24, 2.45) is 0 Å². The fourth-order valence-corrected chi connectivity index (χ4v) is 3.43. The van der Waals surface area contributed by atoms with E-state index in [2.05, 4.69) is 47.2 Å². The number of benzene rings is 1. The number of likely N-dealkylation sites (N-methyl/N-ethyl adjacent to an activating group) is 1. The third kappa shape index (κ3) is 5.52. The summed E-state index contributed by atoms with van der Waals surface area (Å²) in [6, 6.07) is 6.59. The van der Waals surface area contributed by atoms with E-state index in [0.29, 0.717) is 6.04 Å². The highest BCUT2D eigenvalue weighted by atomic mass is 79.9. The highest BCUT2D eigenvalue weighted by Crippen LogP contribution is 2.23. The van der Waals surface area contributed by atoms with E-state index in [4.69, 9.17) is 11.6 Å². The molecule has 0 aliphatic carbocycles. The molecule has 0 aromatic heterocycles. The molecule has 0 fully saturated rings. The second-order valence-electron chi connectivity index (χ2n) is 4.48. The van der Waals surface area contributed by atoms with Gasteiger partial charge in [0.15, 0.2) is 0 Å². The third-order valence-corrected chi connectivity index (χ3v) is 5.39. The Morgan fingerprint density at radius 2 is 2.17 bits per heavy atom. The Hall–Kier alpha value is 0.300. The van der Waals surface area contributed by atoms with Crippen LogP contribution in [0.15, 0.2) is 22.7 Å². The Morgan fingerprint density at radius 1 is 1.44 bits per heavy atom. The molecule has 0 radical (unpaired) electrons. The molecule has 0 heterocycles. The minimum Gasteiger partial charge on any atom is -0.316 e. The number of rotatable bonds is 7. The van der Waals surface area contributed by atoms with Gasteiger partial charge in [-0.05, 0) is 37.6 Å². The van der Waals surface area contributed by atoms with Crippen LogP contribution in [0.5, 0.6) is 0 Å². The number of thioether (sulfide) groups is 1. The zero-order valence-corrected chi connectivity index (χ0v) is 14.3. The van der Waals surface area contributed by atoms with Gasteiger partial charge in [-0.25, -0.2) is 0 Å². The van der Waals surface area contributed by atoms with Gasteiger partial charge in [0.25, 0.3) is 0 Å². The van der Waals surface area contributed by atoms with Crippen LogP contribution in [0.4, 0.5) is 0 Å². The largest absolute Gasteiger partial charge is 0.316 e. The van der Waals surface area contributed by atoms with Gasteiger partial charge in [0, 0.05) is 26.5 Å². The van der Waals surface area contributed by atoms with Crippen molar-refractivity contribution in [2.75, 3.05) is 12.8 Å². The summed E-state index contributed by atoms with van der Waals surface area (Å²) >= 11 is 11.7. The van der Waals surface area contributed by atoms with E-state index in [-0.39, 0.29) is 0 Å². The minimum absolute atomic E-state index is 0.475. The van der Waals surface area contributed by atoms with Gasteiger partial charge in [0.2, 0.25) is 0 Å². The number of hydrogen-bond donors (Lipinski definition) is 1. The van der Waals surface area contributed by atoms with Gasteiger partial charge >= 0.3 is 0 Å². The van der Waals surface area contributed by atoms with Gasteiger partial charge in [-0.2, -0.15) is 11.8 Å². The monoisotopic (exact) mass is 349 g/mol. The van der Waals surface area contributed by atoms with E-state index < -0.39 is 0 Å². The van der Waals surface area contributed by atoms with Crippen LogP contribution in [-0.4, -0.2) is 24.1 Å². The van der Waals surface area contributed by atoms with Crippen molar-refractivity contribution < 1.29 is 0 Å². The second kappa shape index (κ2) is 8.47. The summed E-state index contributed by atoms with van der Waals surface area (Å²) in [5, 5.41) is 4.95. The van der Waals surface area contributed by atoms with Gasteiger partial charge in [0.1, 0.15) is 0 Å². The van der Waals surface area contributed by atoms with E-state index >= 15 is 0 Å². The number of hydrogen-bond acceptors (Lipinski definition) is 2. The quantitative estimate of drug-likeness (QED) is 0.760. The van der Waals surface area contributed by atoms with Crippen molar-refractivity contribution in [1.29, 1.82) is 0 Å². The zero-order valence-electron chi connectivity index (χ0n) is 11.2. The van der Waals surface area contributed by atoms with Gasteiger partial charge in [-0.3, -0.25) is 0 Å². The Balaban J connectivity index is 2.56. The van der Waals surface area contributed by atoms with Crippen LogP contribution in [-0.2, 0) is 6.42 Å². The molecule has 2 atom stereocenters. The molecule has 18 heavy (non-hydrogen) atoms. The molecule has 0 aliphatic rings. The van der Waals surface area contributed by atoms with Crippen LogP contribution in [0.3, 0.4) is 0 Å². The van der Waals surface area contributed by atoms with Gasteiger partial charge in [-0.1, -0.05) is 47.4 Å². The van der Waals surface area contributed by atoms with E-state index in [0.717, 1.165) is 26.9 Å². The third-order valence-electron chi connectivity index (χ3n) is 3.05. The van der Waals surface area contributed by atoms with Gasteiger partial charge in [0.05, 0.1) is 0 Å². The van der Waals surface area contributed by atoms with Crippen molar-refractivity contribution in [3.05, 3.63) is 33.3 Å². The lowest BCUT2D eigenvalue weighted by atomic mass is 10.1. The first kappa shape index (κ1) is 16.4. The van der Waals surface area contributed by atoms with E-state index in [1.54, 1.807) is 0 Å². The molecule has 0 saturated heterocycles. The predicted octanol–water partition coefficient (Wildman–Crippen LogP) is 4.76. The van der Waals surface area contributed by atoms with E-state index in [1.165, 1.54) is 12.0 Å². The lowest BCUT2D eigenvalue weighted by Crippen LogP contribution is -2.30. The molecule has 1 N–H and O–H groups in total. The molecule has 1 aromatic carbocycles. The standard InChI is InChI=1S/C14H21BrClNS/c1-4-10(2)18-9-13(17-3)7-11-5-6-12(15)8-14(11)16/h5-6,8,10,13,17H,4,7,9H2,1-3H3. The molecule has 1 rings (SSSR count). The molecule has 2 unspecified atom stereocenters. The summed E-state index contributed by atoms with van der Waals surface area (Å²) in [7, 11) is 2.02. The van der Waals surface area contributed by atoms with Crippen molar-refractivity contribution in [2.45, 2.75) is 38.0 Å². The highest BCUT2D eigenvalue weighted by molar-refractivity contribution is 9.10. The van der Waals surface area contributed by atoms with Gasteiger partial charge < -0.3 is 5.32 Å². The molecule has 0 amide bonds. The summed E-state index contributed by atoms with van der Waals surface area (Å²) in [6.45, 7) is 4.52. The molecule has 0 aliphatic heterocycles. The van der Waals surface area contributed by atoms with Crippen LogP contribution in [0, 0.1) is 0 Å². The summed E-state index contributed by atoms with van der Waals surface area (Å²) in [6.07, 6.45) is 2.20. The molecule has 102 valence electrons. The molecular formula is C14H21BrClNS. The fraction of sp³-hybridized carbons (Fsp3) is 0.571. The number of halogens is 2. The second-order valence-corrected chi connectivity index (χ2v) is 7.27. The topological polar surface area (TPSA) is 12.0 Å². The predicted molar refractivity (Wildman–Crippen MR) is 87.9 cm³/mol. The normalized spacial score (nSPS) is 14.5. The summed E-state index contributed by atoms with van der Waals surface area (Å²) in [4.78, 5) is 0. The maximum absolute atomic E-state index is 6.26. The maximum atomic E-state index is 6.26. The van der Waals surface area contributed by atoms with E-state index in [1.807, 2.05) is 24.9 Å². The SMILES string of the molecule is CCC(C)SCC(Cc1ccc(Br)cc1Cl)NC. The van der Waals surface area contributed by atoms with Gasteiger partial charge in [-0.15, -0.1) is 0 Å². The van der Waals surface area contributed by atoms with Crippen LogP contribution in [0.1, 0.15) is 25.8 Å². The van der Waals surface area contributed by atoms with Crippen LogP contribution >= 0.6 is 39.3 Å². The summed E-state index contributed by atoms with van der Waals surface area (Å²) in [5.41, 5.74) is 1.21.